The monoisotopic (exact) mass is 320 g/mol. The fourth-order valence-electron chi connectivity index (χ4n) is 5.53. The Balaban J connectivity index is 1.88. The predicted molar refractivity (Wildman–Crippen MR) is 104 cm³/mol. The molecule has 2 fully saturated rings. The molecule has 0 saturated heterocycles. The van der Waals surface area contributed by atoms with Crippen LogP contribution in [0.1, 0.15) is 118 Å². The Labute approximate surface area is 147 Å². The second-order valence-electron chi connectivity index (χ2n) is 9.76. The van der Waals surface area contributed by atoms with Gasteiger partial charge >= 0.3 is 0 Å². The molecule has 0 aromatic heterocycles. The van der Waals surface area contributed by atoms with E-state index in [0.29, 0.717) is 5.41 Å². The predicted octanol–water partition coefficient (Wildman–Crippen LogP) is 8.01. The van der Waals surface area contributed by atoms with Crippen LogP contribution in [-0.2, 0) is 0 Å². The fourth-order valence-corrected chi connectivity index (χ4v) is 5.53. The molecule has 0 aliphatic heterocycles. The highest BCUT2D eigenvalue weighted by Crippen LogP contribution is 2.46. The highest BCUT2D eigenvalue weighted by Gasteiger charge is 2.36. The minimum Gasteiger partial charge on any atom is -0.0625 e. The summed E-state index contributed by atoms with van der Waals surface area (Å²) in [6.45, 7) is 10.3. The van der Waals surface area contributed by atoms with Crippen molar-refractivity contribution in [3.63, 3.8) is 0 Å². The molecule has 136 valence electrons. The van der Waals surface area contributed by atoms with E-state index in [2.05, 4.69) is 27.7 Å². The van der Waals surface area contributed by atoms with Gasteiger partial charge in [-0.05, 0) is 48.3 Å². The van der Waals surface area contributed by atoms with Gasteiger partial charge in [-0.3, -0.25) is 0 Å². The summed E-state index contributed by atoms with van der Waals surface area (Å²) in [7, 11) is 0. The third kappa shape index (κ3) is 6.09. The van der Waals surface area contributed by atoms with E-state index in [0.717, 1.165) is 23.7 Å². The lowest BCUT2D eigenvalue weighted by Gasteiger charge is -2.40. The first-order valence-electron chi connectivity index (χ1n) is 11.0. The summed E-state index contributed by atoms with van der Waals surface area (Å²) in [6, 6.07) is 0. The normalized spacial score (nSPS) is 34.7. The molecule has 0 N–H and O–H groups in total. The highest BCUT2D eigenvalue weighted by molar-refractivity contribution is 4.86. The van der Waals surface area contributed by atoms with Crippen molar-refractivity contribution in [3.05, 3.63) is 0 Å². The Hall–Kier alpha value is 0. The van der Waals surface area contributed by atoms with Crippen LogP contribution >= 0.6 is 0 Å². The smallest absolute Gasteiger partial charge is 0.0298 e. The van der Waals surface area contributed by atoms with Gasteiger partial charge in [0.15, 0.2) is 0 Å². The van der Waals surface area contributed by atoms with Gasteiger partial charge in [0.05, 0.1) is 0 Å². The molecule has 2 aliphatic rings. The second kappa shape index (κ2) is 9.47. The molecule has 0 nitrogen and oxygen atoms in total. The minimum absolute atomic E-state index is 0.614. The second-order valence-corrected chi connectivity index (χ2v) is 9.76. The van der Waals surface area contributed by atoms with Crippen LogP contribution in [0.2, 0.25) is 0 Å². The molecule has 2 aliphatic carbocycles. The Bertz CT molecular complexity index is 310. The molecule has 2 rings (SSSR count). The SMILES string of the molecule is CC1CCCC(C)(C(C)C(C)CC2CCCCCCCC2)CC1. The lowest BCUT2D eigenvalue weighted by Crippen LogP contribution is -2.30. The van der Waals surface area contributed by atoms with Crippen LogP contribution in [0.4, 0.5) is 0 Å². The van der Waals surface area contributed by atoms with Gasteiger partial charge in [0.25, 0.3) is 0 Å². The van der Waals surface area contributed by atoms with Gasteiger partial charge in [0.2, 0.25) is 0 Å². The Morgan fingerprint density at radius 1 is 0.783 bits per heavy atom. The molecule has 0 aromatic carbocycles. The maximum absolute atomic E-state index is 2.62. The van der Waals surface area contributed by atoms with Gasteiger partial charge in [-0.15, -0.1) is 0 Å². The molecular weight excluding hydrogens is 276 g/mol. The Morgan fingerprint density at radius 2 is 1.39 bits per heavy atom. The molecule has 0 radical (unpaired) electrons. The first-order valence-corrected chi connectivity index (χ1v) is 11.0. The first-order chi connectivity index (χ1) is 11.0. The maximum Gasteiger partial charge on any atom is -0.0298 e. The van der Waals surface area contributed by atoms with Gasteiger partial charge in [-0.2, -0.15) is 0 Å². The van der Waals surface area contributed by atoms with Gasteiger partial charge in [-0.1, -0.05) is 98.3 Å². The maximum atomic E-state index is 2.62. The zero-order chi connectivity index (χ0) is 16.7. The Kier molecular flexibility index (Phi) is 7.96. The summed E-state index contributed by atoms with van der Waals surface area (Å²) in [5.74, 6) is 3.81. The molecule has 0 aromatic rings. The van der Waals surface area contributed by atoms with E-state index in [1.807, 2.05) is 0 Å². The van der Waals surface area contributed by atoms with Crippen molar-refractivity contribution in [1.82, 2.24) is 0 Å². The van der Waals surface area contributed by atoms with E-state index in [-0.39, 0.29) is 0 Å². The van der Waals surface area contributed by atoms with E-state index >= 15 is 0 Å². The van der Waals surface area contributed by atoms with Crippen molar-refractivity contribution >= 4 is 0 Å². The van der Waals surface area contributed by atoms with Crippen molar-refractivity contribution in [3.8, 4) is 0 Å². The van der Waals surface area contributed by atoms with Crippen molar-refractivity contribution < 1.29 is 0 Å². The lowest BCUT2D eigenvalue weighted by atomic mass is 9.65. The largest absolute Gasteiger partial charge is 0.0625 e. The molecule has 0 bridgehead atoms. The highest BCUT2D eigenvalue weighted by atomic mass is 14.4. The van der Waals surface area contributed by atoms with Gasteiger partial charge in [0.1, 0.15) is 0 Å². The third-order valence-electron chi connectivity index (χ3n) is 7.79. The quantitative estimate of drug-likeness (QED) is 0.460. The topological polar surface area (TPSA) is 0 Å². The van der Waals surface area contributed by atoms with Crippen molar-refractivity contribution in [2.45, 2.75) is 118 Å². The molecule has 2 saturated carbocycles. The Morgan fingerprint density at radius 3 is 2.04 bits per heavy atom. The molecular formula is C23H44. The van der Waals surface area contributed by atoms with Gasteiger partial charge in [0, 0.05) is 0 Å². The molecule has 0 heterocycles. The van der Waals surface area contributed by atoms with Crippen LogP contribution in [0.5, 0.6) is 0 Å². The van der Waals surface area contributed by atoms with E-state index in [9.17, 15) is 0 Å². The first kappa shape index (κ1) is 19.3. The van der Waals surface area contributed by atoms with Crippen LogP contribution in [0.25, 0.3) is 0 Å². The third-order valence-corrected chi connectivity index (χ3v) is 7.79. The molecule has 0 heteroatoms. The average molecular weight is 321 g/mol. The van der Waals surface area contributed by atoms with E-state index < -0.39 is 0 Å². The van der Waals surface area contributed by atoms with Crippen molar-refractivity contribution in [2.24, 2.45) is 29.1 Å². The van der Waals surface area contributed by atoms with E-state index in [1.165, 1.54) is 89.9 Å². The number of rotatable bonds is 4. The van der Waals surface area contributed by atoms with Gasteiger partial charge < -0.3 is 0 Å². The number of hydrogen-bond donors (Lipinski definition) is 0. The van der Waals surface area contributed by atoms with Crippen LogP contribution in [0.15, 0.2) is 0 Å². The summed E-state index contributed by atoms with van der Waals surface area (Å²) >= 11 is 0. The van der Waals surface area contributed by atoms with Crippen LogP contribution < -0.4 is 0 Å². The van der Waals surface area contributed by atoms with Crippen LogP contribution in [0, 0.1) is 29.1 Å². The summed E-state index contributed by atoms with van der Waals surface area (Å²) in [5, 5.41) is 0. The molecule has 4 unspecified atom stereocenters. The van der Waals surface area contributed by atoms with Crippen molar-refractivity contribution in [2.75, 3.05) is 0 Å². The molecule has 0 amide bonds. The van der Waals surface area contributed by atoms with Crippen LogP contribution in [0.3, 0.4) is 0 Å². The summed E-state index contributed by atoms with van der Waals surface area (Å²) in [4.78, 5) is 0. The van der Waals surface area contributed by atoms with E-state index in [1.54, 1.807) is 0 Å². The standard InChI is InChI=1S/C23H44/c1-19-12-11-16-23(4,17-15-19)21(3)20(2)18-22-13-9-7-5-6-8-10-14-22/h19-22H,5-18H2,1-4H3. The lowest BCUT2D eigenvalue weighted by molar-refractivity contribution is 0.103. The average Bonchev–Trinajstić information content (AvgIpc) is 2.63. The molecule has 4 atom stereocenters. The van der Waals surface area contributed by atoms with E-state index in [4.69, 9.17) is 0 Å². The zero-order valence-corrected chi connectivity index (χ0v) is 16.7. The van der Waals surface area contributed by atoms with Crippen LogP contribution in [-0.4, -0.2) is 0 Å². The minimum atomic E-state index is 0.614. The fraction of sp³-hybridized carbons (Fsp3) is 1.00. The molecule has 23 heavy (non-hydrogen) atoms. The summed E-state index contributed by atoms with van der Waals surface area (Å²) in [5.41, 5.74) is 0.614. The number of hydrogen-bond acceptors (Lipinski definition) is 0. The summed E-state index contributed by atoms with van der Waals surface area (Å²) in [6.07, 6.45) is 20.9. The van der Waals surface area contributed by atoms with Gasteiger partial charge in [-0.25, -0.2) is 0 Å². The molecule has 0 spiro atoms. The zero-order valence-electron chi connectivity index (χ0n) is 16.7. The summed E-state index contributed by atoms with van der Waals surface area (Å²) < 4.78 is 0. The van der Waals surface area contributed by atoms with Crippen molar-refractivity contribution in [1.29, 1.82) is 0 Å².